The Kier molecular flexibility index (Phi) is 6.14. The normalized spacial score (nSPS) is 11.0. The van der Waals surface area contributed by atoms with Crippen LogP contribution in [0.25, 0.3) is 0 Å². The average Bonchev–Trinajstić information content (AvgIpc) is 3.24. The zero-order valence-corrected chi connectivity index (χ0v) is 17.5. The molecule has 0 fully saturated rings. The molecule has 0 radical (unpaired) electrons. The molecule has 138 valence electrons. The van der Waals surface area contributed by atoms with Crippen molar-refractivity contribution in [2.75, 3.05) is 0 Å². The molecule has 3 rings (SSSR count). The molecule has 8 nitrogen and oxygen atoms in total. The average molecular weight is 513 g/mol. The molecule has 0 aliphatic carbocycles. The summed E-state index contributed by atoms with van der Waals surface area (Å²) in [6, 6.07) is 10.7. The van der Waals surface area contributed by atoms with Gasteiger partial charge in [0.25, 0.3) is 5.91 Å². The molecule has 27 heavy (non-hydrogen) atoms. The van der Waals surface area contributed by atoms with Gasteiger partial charge >= 0.3 is 5.00 Å². The van der Waals surface area contributed by atoms with Crippen LogP contribution in [-0.2, 0) is 6.54 Å². The van der Waals surface area contributed by atoms with Gasteiger partial charge in [-0.15, -0.1) is 0 Å². The number of nitrogens with one attached hydrogen (secondary N) is 1. The molecule has 2 heterocycles. The highest BCUT2D eigenvalue weighted by atomic mass is 79.9. The smallest absolute Gasteiger partial charge is 0.266 e. The van der Waals surface area contributed by atoms with Crippen molar-refractivity contribution in [2.24, 2.45) is 5.10 Å². The van der Waals surface area contributed by atoms with E-state index in [9.17, 15) is 14.9 Å². The van der Waals surface area contributed by atoms with E-state index < -0.39 is 10.8 Å². The number of benzene rings is 1. The van der Waals surface area contributed by atoms with E-state index >= 15 is 0 Å². The second kappa shape index (κ2) is 8.55. The maximum Gasteiger partial charge on any atom is 0.324 e. The van der Waals surface area contributed by atoms with Gasteiger partial charge in [0.05, 0.1) is 27.0 Å². The molecule has 11 heteroatoms. The minimum atomic E-state index is -0.487. The van der Waals surface area contributed by atoms with Gasteiger partial charge < -0.3 is 0 Å². The highest BCUT2D eigenvalue weighted by Gasteiger charge is 2.15. The molecular weight excluding hydrogens is 502 g/mol. The molecule has 0 spiro atoms. The number of thiophene rings is 1. The molecule has 0 saturated carbocycles. The lowest BCUT2D eigenvalue weighted by atomic mass is 10.2. The molecule has 3 aromatic rings. The highest BCUT2D eigenvalue weighted by Crippen LogP contribution is 2.22. The lowest BCUT2D eigenvalue weighted by molar-refractivity contribution is -0.380. The van der Waals surface area contributed by atoms with Crippen molar-refractivity contribution < 1.29 is 9.72 Å². The van der Waals surface area contributed by atoms with Crippen molar-refractivity contribution in [2.45, 2.75) is 6.54 Å². The third-order valence-electron chi connectivity index (χ3n) is 3.34. The zero-order valence-electron chi connectivity index (χ0n) is 13.5. The van der Waals surface area contributed by atoms with E-state index in [0.717, 1.165) is 21.4 Å². The van der Waals surface area contributed by atoms with Crippen LogP contribution in [0.3, 0.4) is 0 Å². The van der Waals surface area contributed by atoms with E-state index in [2.05, 4.69) is 47.5 Å². The van der Waals surface area contributed by atoms with Gasteiger partial charge in [-0.1, -0.05) is 39.4 Å². The molecule has 0 atom stereocenters. The van der Waals surface area contributed by atoms with Gasteiger partial charge in [-0.2, -0.15) is 10.2 Å². The lowest BCUT2D eigenvalue weighted by Gasteiger charge is -2.01. The summed E-state index contributed by atoms with van der Waals surface area (Å²) in [5, 5.41) is 18.8. The van der Waals surface area contributed by atoms with E-state index in [1.54, 1.807) is 16.9 Å². The SMILES string of the molecule is O=C(N/N=C/c1ccc([N+](=O)[O-])s1)c1nn(Cc2ccc(Br)cc2)cc1Br. The quantitative estimate of drug-likeness (QED) is 0.304. The highest BCUT2D eigenvalue weighted by molar-refractivity contribution is 9.10. The first-order chi connectivity index (χ1) is 12.9. The summed E-state index contributed by atoms with van der Waals surface area (Å²) in [4.78, 5) is 23.0. The molecule has 0 bridgehead atoms. The number of carbonyl (C=O) groups is 1. The summed E-state index contributed by atoms with van der Waals surface area (Å²) in [5.41, 5.74) is 3.60. The first kappa shape index (κ1) is 19.4. The largest absolute Gasteiger partial charge is 0.324 e. The molecular formula is C16H11Br2N5O3S. The third-order valence-corrected chi connectivity index (χ3v) is 5.42. The Bertz CT molecular complexity index is 1010. The van der Waals surface area contributed by atoms with Crippen molar-refractivity contribution in [1.29, 1.82) is 0 Å². The van der Waals surface area contributed by atoms with Crippen LogP contribution < -0.4 is 5.43 Å². The fourth-order valence-corrected chi connectivity index (χ4v) is 3.58. The van der Waals surface area contributed by atoms with Crippen molar-refractivity contribution in [3.63, 3.8) is 0 Å². The van der Waals surface area contributed by atoms with Crippen LogP contribution in [0.5, 0.6) is 0 Å². The number of hydrogen-bond donors (Lipinski definition) is 1. The summed E-state index contributed by atoms with van der Waals surface area (Å²) in [6.07, 6.45) is 3.06. The van der Waals surface area contributed by atoms with Crippen LogP contribution in [0.4, 0.5) is 5.00 Å². The molecule has 0 aliphatic heterocycles. The molecule has 0 unspecified atom stereocenters. The molecule has 1 N–H and O–H groups in total. The summed E-state index contributed by atoms with van der Waals surface area (Å²) in [7, 11) is 0. The number of nitro groups is 1. The standard InChI is InChI=1S/C16H11Br2N5O3S/c17-11-3-1-10(2-4-11)8-22-9-13(18)15(21-22)16(24)20-19-7-12-5-6-14(27-12)23(25)26/h1-7,9H,8H2,(H,20,24)/b19-7+. The monoisotopic (exact) mass is 511 g/mol. The number of aromatic nitrogens is 2. The third kappa shape index (κ3) is 5.08. The number of nitrogens with zero attached hydrogens (tertiary/aromatic N) is 4. The predicted octanol–water partition coefficient (Wildman–Crippen LogP) is 4.19. The first-order valence-corrected chi connectivity index (χ1v) is 9.87. The van der Waals surface area contributed by atoms with Gasteiger partial charge in [0.15, 0.2) is 5.69 Å². The Morgan fingerprint density at radius 3 is 2.70 bits per heavy atom. The first-order valence-electron chi connectivity index (χ1n) is 7.47. The number of hydrazone groups is 1. The van der Waals surface area contributed by atoms with Crippen LogP contribution in [-0.4, -0.2) is 26.8 Å². The van der Waals surface area contributed by atoms with E-state index in [4.69, 9.17) is 0 Å². The Balaban J connectivity index is 1.64. The predicted molar refractivity (Wildman–Crippen MR) is 109 cm³/mol. The minimum Gasteiger partial charge on any atom is -0.266 e. The summed E-state index contributed by atoms with van der Waals surface area (Å²) >= 11 is 7.67. The maximum atomic E-state index is 12.2. The Morgan fingerprint density at radius 2 is 2.04 bits per heavy atom. The number of halogens is 2. The van der Waals surface area contributed by atoms with Crippen LogP contribution in [0.1, 0.15) is 20.9 Å². The summed E-state index contributed by atoms with van der Waals surface area (Å²) < 4.78 is 3.18. The Morgan fingerprint density at radius 1 is 1.30 bits per heavy atom. The van der Waals surface area contributed by atoms with Gasteiger partial charge in [0.1, 0.15) is 0 Å². The van der Waals surface area contributed by atoms with Gasteiger partial charge in [-0.25, -0.2) is 5.43 Å². The van der Waals surface area contributed by atoms with E-state index in [0.29, 0.717) is 15.9 Å². The Hall–Kier alpha value is -2.37. The van der Waals surface area contributed by atoms with Crippen LogP contribution in [0, 0.1) is 10.1 Å². The van der Waals surface area contributed by atoms with E-state index in [-0.39, 0.29) is 10.7 Å². The molecule has 2 aromatic heterocycles. The molecule has 0 saturated heterocycles. The molecule has 1 amide bonds. The topological polar surface area (TPSA) is 102 Å². The lowest BCUT2D eigenvalue weighted by Crippen LogP contribution is -2.19. The second-order valence-corrected chi connectivity index (χ2v) is 8.15. The van der Waals surface area contributed by atoms with E-state index in [1.165, 1.54) is 12.3 Å². The number of amides is 1. The van der Waals surface area contributed by atoms with Crippen molar-refractivity contribution in [3.8, 4) is 0 Å². The van der Waals surface area contributed by atoms with Gasteiger partial charge in [0.2, 0.25) is 0 Å². The zero-order chi connectivity index (χ0) is 19.4. The Labute approximate surface area is 174 Å². The van der Waals surface area contributed by atoms with E-state index in [1.807, 2.05) is 24.3 Å². The summed E-state index contributed by atoms with van der Waals surface area (Å²) in [6.45, 7) is 0.515. The van der Waals surface area contributed by atoms with Crippen molar-refractivity contribution >= 4 is 60.3 Å². The fraction of sp³-hybridized carbons (Fsp3) is 0.0625. The molecule has 1 aromatic carbocycles. The maximum absolute atomic E-state index is 12.2. The second-order valence-electron chi connectivity index (χ2n) is 5.28. The van der Waals surface area contributed by atoms with Crippen LogP contribution >= 0.6 is 43.2 Å². The molecule has 0 aliphatic rings. The fourth-order valence-electron chi connectivity index (χ4n) is 2.13. The number of hydrogen-bond acceptors (Lipinski definition) is 6. The van der Waals surface area contributed by atoms with Crippen molar-refractivity contribution in [3.05, 3.63) is 77.8 Å². The van der Waals surface area contributed by atoms with Gasteiger partial charge in [-0.3, -0.25) is 19.6 Å². The van der Waals surface area contributed by atoms with Crippen molar-refractivity contribution in [1.82, 2.24) is 15.2 Å². The summed E-state index contributed by atoms with van der Waals surface area (Å²) in [5.74, 6) is -0.487. The number of rotatable bonds is 6. The van der Waals surface area contributed by atoms with Gasteiger partial charge in [-0.05, 0) is 39.7 Å². The van der Waals surface area contributed by atoms with Crippen LogP contribution in [0.2, 0.25) is 0 Å². The van der Waals surface area contributed by atoms with Crippen LogP contribution in [0.15, 0.2) is 56.6 Å². The van der Waals surface area contributed by atoms with Gasteiger partial charge in [0, 0.05) is 16.7 Å². The number of carbonyl (C=O) groups excluding carboxylic acids is 1. The minimum absolute atomic E-state index is 0.0113.